The number of thiazole rings is 1. The molecule has 1 N–H and O–H groups in total. The van der Waals surface area contributed by atoms with Gasteiger partial charge in [0, 0.05) is 29.0 Å². The van der Waals surface area contributed by atoms with Crippen LogP contribution in [0.3, 0.4) is 0 Å². The van der Waals surface area contributed by atoms with E-state index in [1.165, 1.54) is 12.1 Å². The molecule has 2 aromatic carbocycles. The lowest BCUT2D eigenvalue weighted by Crippen LogP contribution is -2.25. The molecule has 0 aliphatic rings. The quantitative estimate of drug-likeness (QED) is 0.524. The highest BCUT2D eigenvalue weighted by Gasteiger charge is 2.15. The molecular weight excluding hydrogens is 391 g/mol. The standard InChI is InChI=1S/C21H19FN4O2S/c1-13-18(10-11-23-20(27)15-4-3-5-17(12-15)28-2)29-21-24-19(25-26(13)21)14-6-8-16(22)9-7-14/h3-9,12H,10-11H2,1-2H3,(H,23,27). The number of aryl methyl sites for hydroxylation is 1. The summed E-state index contributed by atoms with van der Waals surface area (Å²) in [5.41, 5.74) is 2.32. The van der Waals surface area contributed by atoms with Crippen LogP contribution in [0.4, 0.5) is 4.39 Å². The van der Waals surface area contributed by atoms with Gasteiger partial charge in [0.1, 0.15) is 11.6 Å². The normalized spacial score (nSPS) is 11.0. The lowest BCUT2D eigenvalue weighted by atomic mass is 10.2. The van der Waals surface area contributed by atoms with Crippen LogP contribution in [0, 0.1) is 12.7 Å². The van der Waals surface area contributed by atoms with Gasteiger partial charge in [-0.2, -0.15) is 4.98 Å². The number of ether oxygens (including phenoxy) is 1. The van der Waals surface area contributed by atoms with Gasteiger partial charge in [0.15, 0.2) is 5.82 Å². The zero-order valence-electron chi connectivity index (χ0n) is 16.0. The van der Waals surface area contributed by atoms with Crippen molar-refractivity contribution in [2.75, 3.05) is 13.7 Å². The van der Waals surface area contributed by atoms with Crippen LogP contribution >= 0.6 is 11.3 Å². The van der Waals surface area contributed by atoms with Crippen LogP contribution in [0.15, 0.2) is 48.5 Å². The molecule has 8 heteroatoms. The van der Waals surface area contributed by atoms with Gasteiger partial charge in [0.25, 0.3) is 5.91 Å². The summed E-state index contributed by atoms with van der Waals surface area (Å²) < 4.78 is 20.1. The molecule has 0 spiro atoms. The van der Waals surface area contributed by atoms with Gasteiger partial charge in [-0.15, -0.1) is 5.10 Å². The van der Waals surface area contributed by atoms with Crippen molar-refractivity contribution in [1.29, 1.82) is 0 Å². The van der Waals surface area contributed by atoms with Gasteiger partial charge in [0.05, 0.1) is 12.8 Å². The fraction of sp³-hybridized carbons (Fsp3) is 0.190. The Labute approximate surface area is 171 Å². The van der Waals surface area contributed by atoms with E-state index in [-0.39, 0.29) is 11.7 Å². The molecule has 0 fully saturated rings. The van der Waals surface area contributed by atoms with E-state index < -0.39 is 0 Å². The summed E-state index contributed by atoms with van der Waals surface area (Å²) in [5.74, 6) is 0.789. The van der Waals surface area contributed by atoms with E-state index in [1.807, 2.05) is 6.92 Å². The second-order valence-corrected chi connectivity index (χ2v) is 7.55. The first-order chi connectivity index (χ1) is 14.0. The second kappa shape index (κ2) is 8.00. The average Bonchev–Trinajstić information content (AvgIpc) is 3.28. The van der Waals surface area contributed by atoms with Crippen LogP contribution < -0.4 is 10.1 Å². The molecule has 0 atom stereocenters. The summed E-state index contributed by atoms with van der Waals surface area (Å²) in [4.78, 5) is 18.7. The predicted octanol–water partition coefficient (Wildman–Crippen LogP) is 3.89. The lowest BCUT2D eigenvalue weighted by molar-refractivity contribution is 0.0954. The Hall–Kier alpha value is -3.26. The maximum Gasteiger partial charge on any atom is 0.251 e. The minimum atomic E-state index is -0.288. The first-order valence-electron chi connectivity index (χ1n) is 9.08. The number of carbonyl (C=O) groups excluding carboxylic acids is 1. The topological polar surface area (TPSA) is 68.5 Å². The van der Waals surface area contributed by atoms with Crippen LogP contribution in [-0.2, 0) is 6.42 Å². The van der Waals surface area contributed by atoms with E-state index in [4.69, 9.17) is 4.74 Å². The number of hydrogen-bond donors (Lipinski definition) is 1. The van der Waals surface area contributed by atoms with Crippen molar-refractivity contribution in [3.63, 3.8) is 0 Å². The number of nitrogens with one attached hydrogen (secondary N) is 1. The predicted molar refractivity (Wildman–Crippen MR) is 110 cm³/mol. The minimum absolute atomic E-state index is 0.139. The number of fused-ring (bicyclic) bond motifs is 1. The van der Waals surface area contributed by atoms with E-state index in [0.717, 1.165) is 21.1 Å². The highest BCUT2D eigenvalue weighted by Crippen LogP contribution is 2.25. The summed E-state index contributed by atoms with van der Waals surface area (Å²) in [7, 11) is 1.57. The molecule has 29 heavy (non-hydrogen) atoms. The van der Waals surface area contributed by atoms with Gasteiger partial charge in [0.2, 0.25) is 4.96 Å². The Morgan fingerprint density at radius 1 is 1.24 bits per heavy atom. The fourth-order valence-electron chi connectivity index (χ4n) is 2.99. The van der Waals surface area contributed by atoms with Gasteiger partial charge in [-0.3, -0.25) is 4.79 Å². The third-order valence-electron chi connectivity index (χ3n) is 4.59. The van der Waals surface area contributed by atoms with E-state index in [2.05, 4.69) is 15.4 Å². The molecule has 0 aliphatic heterocycles. The minimum Gasteiger partial charge on any atom is -0.497 e. The molecule has 4 rings (SSSR count). The number of hydrogen-bond acceptors (Lipinski definition) is 5. The highest BCUT2D eigenvalue weighted by atomic mass is 32.1. The van der Waals surface area contributed by atoms with Crippen molar-refractivity contribution in [2.24, 2.45) is 0 Å². The van der Waals surface area contributed by atoms with Gasteiger partial charge in [-0.05, 0) is 49.4 Å². The van der Waals surface area contributed by atoms with Crippen molar-refractivity contribution in [1.82, 2.24) is 19.9 Å². The summed E-state index contributed by atoms with van der Waals surface area (Å²) >= 11 is 1.54. The van der Waals surface area contributed by atoms with Crippen molar-refractivity contribution in [3.05, 3.63) is 70.5 Å². The second-order valence-electron chi connectivity index (χ2n) is 6.49. The molecule has 0 unspecified atom stereocenters. The zero-order chi connectivity index (χ0) is 20.4. The zero-order valence-corrected chi connectivity index (χ0v) is 16.8. The van der Waals surface area contributed by atoms with Crippen LogP contribution in [0.5, 0.6) is 5.75 Å². The summed E-state index contributed by atoms with van der Waals surface area (Å²) in [5, 5.41) is 7.47. The smallest absolute Gasteiger partial charge is 0.251 e. The van der Waals surface area contributed by atoms with Crippen molar-refractivity contribution in [3.8, 4) is 17.1 Å². The first-order valence-corrected chi connectivity index (χ1v) is 9.90. The Morgan fingerprint density at radius 2 is 2.03 bits per heavy atom. The largest absolute Gasteiger partial charge is 0.497 e. The molecule has 4 aromatic rings. The van der Waals surface area contributed by atoms with Gasteiger partial charge in [-0.25, -0.2) is 8.91 Å². The monoisotopic (exact) mass is 410 g/mol. The molecular formula is C21H19FN4O2S. The van der Waals surface area contributed by atoms with Crippen LogP contribution in [-0.4, -0.2) is 34.2 Å². The van der Waals surface area contributed by atoms with E-state index in [1.54, 1.807) is 59.4 Å². The molecule has 148 valence electrons. The lowest BCUT2D eigenvalue weighted by Gasteiger charge is -2.06. The summed E-state index contributed by atoms with van der Waals surface area (Å²) in [6.07, 6.45) is 0.684. The Balaban J connectivity index is 1.43. The van der Waals surface area contributed by atoms with Crippen LogP contribution in [0.25, 0.3) is 16.3 Å². The average molecular weight is 410 g/mol. The maximum atomic E-state index is 13.1. The third-order valence-corrected chi connectivity index (χ3v) is 5.78. The van der Waals surface area contributed by atoms with E-state index >= 15 is 0 Å². The molecule has 0 aliphatic carbocycles. The number of aromatic nitrogens is 3. The van der Waals surface area contributed by atoms with Gasteiger partial charge >= 0.3 is 0 Å². The molecule has 1 amide bonds. The number of halogens is 1. The van der Waals surface area contributed by atoms with Crippen LogP contribution in [0.1, 0.15) is 20.9 Å². The number of nitrogens with zero attached hydrogens (tertiary/aromatic N) is 3. The molecule has 0 saturated carbocycles. The van der Waals surface area contributed by atoms with E-state index in [0.29, 0.717) is 30.1 Å². The molecule has 0 bridgehead atoms. The molecule has 0 radical (unpaired) electrons. The Bertz CT molecular complexity index is 1170. The number of amides is 1. The fourth-order valence-corrected chi connectivity index (χ4v) is 4.05. The van der Waals surface area contributed by atoms with Crippen molar-refractivity contribution < 1.29 is 13.9 Å². The first kappa shape index (κ1) is 19.1. The molecule has 2 heterocycles. The number of rotatable bonds is 6. The van der Waals surface area contributed by atoms with Crippen LogP contribution in [0.2, 0.25) is 0 Å². The highest BCUT2D eigenvalue weighted by molar-refractivity contribution is 7.17. The molecule has 6 nitrogen and oxygen atoms in total. The number of methoxy groups -OCH3 is 1. The van der Waals surface area contributed by atoms with Gasteiger partial charge < -0.3 is 10.1 Å². The number of carbonyl (C=O) groups is 1. The van der Waals surface area contributed by atoms with E-state index in [9.17, 15) is 9.18 Å². The van der Waals surface area contributed by atoms with Crippen molar-refractivity contribution >= 4 is 22.2 Å². The van der Waals surface area contributed by atoms with Gasteiger partial charge in [-0.1, -0.05) is 17.4 Å². The Morgan fingerprint density at radius 3 is 2.76 bits per heavy atom. The molecule has 0 saturated heterocycles. The number of benzene rings is 2. The Kier molecular flexibility index (Phi) is 5.26. The van der Waals surface area contributed by atoms with Crippen molar-refractivity contribution in [2.45, 2.75) is 13.3 Å². The maximum absolute atomic E-state index is 13.1. The summed E-state index contributed by atoms with van der Waals surface area (Å²) in [6.45, 7) is 2.48. The SMILES string of the molecule is COc1cccc(C(=O)NCCc2sc3nc(-c4ccc(F)cc4)nn3c2C)c1. The molecule has 2 aromatic heterocycles. The summed E-state index contributed by atoms with van der Waals surface area (Å²) in [6, 6.07) is 13.2. The third kappa shape index (κ3) is 3.97.